The van der Waals surface area contributed by atoms with Gasteiger partial charge in [0.05, 0.1) is 9.82 Å². The fourth-order valence-electron chi connectivity index (χ4n) is 1.74. The summed E-state index contributed by atoms with van der Waals surface area (Å²) in [6.45, 7) is 0. The molecule has 0 aromatic heterocycles. The summed E-state index contributed by atoms with van der Waals surface area (Å²) in [7, 11) is 0. The molecule has 0 aliphatic carbocycles. The van der Waals surface area contributed by atoms with Gasteiger partial charge in [-0.25, -0.2) is 4.39 Å². The third-order valence-electron chi connectivity index (χ3n) is 2.72. The van der Waals surface area contributed by atoms with E-state index in [-0.39, 0.29) is 16.9 Å². The molecule has 2 aromatic carbocycles. The quantitative estimate of drug-likeness (QED) is 0.531. The Morgan fingerprint density at radius 2 is 2.05 bits per heavy atom. The number of hydrogen-bond donors (Lipinski definition) is 1. The predicted octanol–water partition coefficient (Wildman–Crippen LogP) is 3.71. The lowest BCUT2D eigenvalue weighted by Gasteiger charge is -2.06. The minimum absolute atomic E-state index is 0.130. The first-order valence-electron chi connectivity index (χ1n) is 5.90. The van der Waals surface area contributed by atoms with Gasteiger partial charge in [0.15, 0.2) is 0 Å². The molecule has 0 heterocycles. The van der Waals surface area contributed by atoms with Gasteiger partial charge in [-0.15, -0.1) is 11.8 Å². The van der Waals surface area contributed by atoms with Crippen molar-refractivity contribution in [2.75, 3.05) is 11.6 Å². The van der Waals surface area contributed by atoms with Gasteiger partial charge in [-0.2, -0.15) is 0 Å². The first kappa shape index (κ1) is 15.0. The van der Waals surface area contributed by atoms with E-state index in [1.807, 2.05) is 0 Å². The second-order valence-electron chi connectivity index (χ2n) is 4.11. The van der Waals surface area contributed by atoms with Gasteiger partial charge in [-0.3, -0.25) is 14.9 Å². The van der Waals surface area contributed by atoms with Gasteiger partial charge in [-0.05, 0) is 36.6 Å². The number of carbonyl (C=O) groups is 1. The highest BCUT2D eigenvalue weighted by atomic mass is 32.2. The van der Waals surface area contributed by atoms with Crippen LogP contribution >= 0.6 is 11.8 Å². The maximum atomic E-state index is 13.0. The van der Waals surface area contributed by atoms with Gasteiger partial charge in [0.2, 0.25) is 0 Å². The number of nitrogens with one attached hydrogen (secondary N) is 1. The zero-order chi connectivity index (χ0) is 15.4. The smallest absolute Gasteiger partial charge is 0.283 e. The lowest BCUT2D eigenvalue weighted by atomic mass is 10.2. The number of benzene rings is 2. The van der Waals surface area contributed by atoms with Crippen LogP contribution in [0.4, 0.5) is 15.8 Å². The molecule has 2 aromatic rings. The Kier molecular flexibility index (Phi) is 4.54. The Morgan fingerprint density at radius 1 is 1.29 bits per heavy atom. The summed E-state index contributed by atoms with van der Waals surface area (Å²) in [6.07, 6.45) is 1.72. The standard InChI is InChI=1S/C14H11FN2O3S/c1-21-13-6-5-9(7-12(13)17(19)20)14(18)16-11-4-2-3-10(15)8-11/h2-8H,1H3,(H,16,18). The van der Waals surface area contributed by atoms with Crippen molar-refractivity contribution in [3.8, 4) is 0 Å². The number of amides is 1. The molecule has 0 spiro atoms. The molecule has 0 atom stereocenters. The third kappa shape index (κ3) is 3.57. The fraction of sp³-hybridized carbons (Fsp3) is 0.0714. The summed E-state index contributed by atoms with van der Waals surface area (Å²) in [4.78, 5) is 22.9. The number of nitrogens with zero attached hydrogens (tertiary/aromatic N) is 1. The molecule has 108 valence electrons. The summed E-state index contributed by atoms with van der Waals surface area (Å²) in [5, 5.41) is 13.5. The number of halogens is 1. The van der Waals surface area contributed by atoms with Crippen molar-refractivity contribution < 1.29 is 14.1 Å². The van der Waals surface area contributed by atoms with Crippen LogP contribution in [0.15, 0.2) is 47.4 Å². The predicted molar refractivity (Wildman–Crippen MR) is 79.2 cm³/mol. The second-order valence-corrected chi connectivity index (χ2v) is 4.96. The van der Waals surface area contributed by atoms with Crippen molar-refractivity contribution in [1.29, 1.82) is 0 Å². The number of nitro groups is 1. The Bertz CT molecular complexity index is 706. The molecule has 0 saturated heterocycles. The molecular formula is C14H11FN2O3S. The van der Waals surface area contributed by atoms with Crippen molar-refractivity contribution >= 4 is 29.0 Å². The maximum Gasteiger partial charge on any atom is 0.283 e. The highest BCUT2D eigenvalue weighted by Gasteiger charge is 2.17. The summed E-state index contributed by atoms with van der Waals surface area (Å²) in [5.41, 5.74) is 0.301. The summed E-state index contributed by atoms with van der Waals surface area (Å²) >= 11 is 1.23. The van der Waals surface area contributed by atoms with Crippen molar-refractivity contribution in [3.63, 3.8) is 0 Å². The largest absolute Gasteiger partial charge is 0.322 e. The van der Waals surface area contributed by atoms with Crippen LogP contribution in [0.5, 0.6) is 0 Å². The molecule has 0 saturated carbocycles. The molecule has 0 radical (unpaired) electrons. The highest BCUT2D eigenvalue weighted by Crippen LogP contribution is 2.28. The molecule has 0 aliphatic rings. The van der Waals surface area contributed by atoms with Crippen molar-refractivity contribution in [1.82, 2.24) is 0 Å². The molecule has 5 nitrogen and oxygen atoms in total. The minimum Gasteiger partial charge on any atom is -0.322 e. The van der Waals surface area contributed by atoms with Crippen molar-refractivity contribution in [3.05, 3.63) is 64.0 Å². The fourth-order valence-corrected chi connectivity index (χ4v) is 2.29. The van der Waals surface area contributed by atoms with Gasteiger partial charge >= 0.3 is 0 Å². The Hall–Kier alpha value is -2.41. The third-order valence-corrected chi connectivity index (χ3v) is 3.51. The molecule has 0 bridgehead atoms. The number of anilines is 1. The molecule has 0 unspecified atom stereocenters. The first-order chi connectivity index (χ1) is 10.0. The average molecular weight is 306 g/mol. The van der Waals surface area contributed by atoms with Crippen LogP contribution < -0.4 is 5.32 Å². The van der Waals surface area contributed by atoms with E-state index in [9.17, 15) is 19.3 Å². The van der Waals surface area contributed by atoms with E-state index in [2.05, 4.69) is 5.32 Å². The Labute approximate surface area is 124 Å². The molecule has 1 amide bonds. The Balaban J connectivity index is 2.27. The van der Waals surface area contributed by atoms with Crippen LogP contribution in [-0.4, -0.2) is 17.1 Å². The normalized spacial score (nSPS) is 10.2. The van der Waals surface area contributed by atoms with Gasteiger partial charge < -0.3 is 5.32 Å². The van der Waals surface area contributed by atoms with Crippen LogP contribution in [-0.2, 0) is 0 Å². The lowest BCUT2D eigenvalue weighted by molar-refractivity contribution is -0.387. The Morgan fingerprint density at radius 3 is 2.67 bits per heavy atom. The van der Waals surface area contributed by atoms with Gasteiger partial charge in [0.25, 0.3) is 11.6 Å². The highest BCUT2D eigenvalue weighted by molar-refractivity contribution is 7.98. The lowest BCUT2D eigenvalue weighted by Crippen LogP contribution is -2.12. The van der Waals surface area contributed by atoms with Gasteiger partial charge in [0.1, 0.15) is 5.82 Å². The summed E-state index contributed by atoms with van der Waals surface area (Å²) < 4.78 is 13.0. The summed E-state index contributed by atoms with van der Waals surface area (Å²) in [6, 6.07) is 9.64. The number of thioether (sulfide) groups is 1. The zero-order valence-electron chi connectivity index (χ0n) is 11.0. The molecular weight excluding hydrogens is 295 g/mol. The van der Waals surface area contributed by atoms with Crippen LogP contribution in [0, 0.1) is 15.9 Å². The van der Waals surface area contributed by atoms with E-state index in [1.165, 1.54) is 54.2 Å². The van der Waals surface area contributed by atoms with Crippen LogP contribution in [0.1, 0.15) is 10.4 Å². The van der Waals surface area contributed by atoms with Gasteiger partial charge in [-0.1, -0.05) is 6.07 Å². The van der Waals surface area contributed by atoms with Crippen molar-refractivity contribution in [2.24, 2.45) is 0 Å². The minimum atomic E-state index is -0.537. The van der Waals surface area contributed by atoms with Crippen LogP contribution in [0.2, 0.25) is 0 Å². The van der Waals surface area contributed by atoms with Crippen LogP contribution in [0.3, 0.4) is 0 Å². The van der Waals surface area contributed by atoms with Crippen molar-refractivity contribution in [2.45, 2.75) is 4.90 Å². The van der Waals surface area contributed by atoms with E-state index >= 15 is 0 Å². The van der Waals surface area contributed by atoms with Crippen LogP contribution in [0.25, 0.3) is 0 Å². The number of nitro benzene ring substituents is 1. The van der Waals surface area contributed by atoms with E-state index in [0.29, 0.717) is 4.90 Å². The topological polar surface area (TPSA) is 72.2 Å². The molecule has 7 heteroatoms. The summed E-state index contributed by atoms with van der Waals surface area (Å²) in [5.74, 6) is -1.01. The monoisotopic (exact) mass is 306 g/mol. The number of rotatable bonds is 4. The molecule has 2 rings (SSSR count). The first-order valence-corrected chi connectivity index (χ1v) is 7.13. The number of carbonyl (C=O) groups excluding carboxylic acids is 1. The van der Waals surface area contributed by atoms with E-state index in [4.69, 9.17) is 0 Å². The second kappa shape index (κ2) is 6.36. The van der Waals surface area contributed by atoms with E-state index in [1.54, 1.807) is 6.26 Å². The van der Waals surface area contributed by atoms with Gasteiger partial charge in [0, 0.05) is 17.3 Å². The molecule has 0 aliphatic heterocycles. The molecule has 21 heavy (non-hydrogen) atoms. The average Bonchev–Trinajstić information content (AvgIpc) is 2.46. The van der Waals surface area contributed by atoms with E-state index < -0.39 is 16.6 Å². The number of hydrogen-bond acceptors (Lipinski definition) is 4. The van der Waals surface area contributed by atoms with E-state index in [0.717, 1.165) is 0 Å². The molecule has 0 fully saturated rings. The SMILES string of the molecule is CSc1ccc(C(=O)Nc2cccc(F)c2)cc1[N+](=O)[O-]. The zero-order valence-corrected chi connectivity index (χ0v) is 11.8. The maximum absolute atomic E-state index is 13.0. The molecule has 1 N–H and O–H groups in total.